The smallest absolute Gasteiger partial charge is 0.328 e. The number of nitrogens with one attached hydrogen (secondary N) is 3. The second-order valence-corrected chi connectivity index (χ2v) is 8.38. The zero-order chi connectivity index (χ0) is 22.5. The number of aromatic nitrogens is 1. The number of anilines is 1. The lowest BCUT2D eigenvalue weighted by molar-refractivity contribution is -0.145. The molecule has 0 aliphatic rings. The lowest BCUT2D eigenvalue weighted by Gasteiger charge is -2.20. The van der Waals surface area contributed by atoms with Gasteiger partial charge in [0, 0.05) is 29.2 Å². The van der Waals surface area contributed by atoms with Gasteiger partial charge in [-0.1, -0.05) is 30.3 Å². The van der Waals surface area contributed by atoms with Crippen molar-refractivity contribution in [3.8, 4) is 11.1 Å². The van der Waals surface area contributed by atoms with Gasteiger partial charge in [0.1, 0.15) is 12.1 Å². The summed E-state index contributed by atoms with van der Waals surface area (Å²) in [6.07, 6.45) is 2.20. The van der Waals surface area contributed by atoms with E-state index in [1.54, 1.807) is 18.3 Å². The maximum absolute atomic E-state index is 12.8. The van der Waals surface area contributed by atoms with Crippen LogP contribution in [0.4, 0.5) is 5.69 Å². The molecule has 0 saturated carbocycles. The van der Waals surface area contributed by atoms with Crippen molar-refractivity contribution in [2.75, 3.05) is 12.4 Å². The quantitative estimate of drug-likeness (QED) is 0.345. The van der Waals surface area contributed by atoms with Gasteiger partial charge in [0.15, 0.2) is 0 Å². The third kappa shape index (κ3) is 4.84. The van der Waals surface area contributed by atoms with E-state index in [2.05, 4.69) is 27.1 Å². The molecule has 32 heavy (non-hydrogen) atoms. The number of esters is 1. The van der Waals surface area contributed by atoms with Crippen LogP contribution in [0.3, 0.4) is 0 Å². The van der Waals surface area contributed by atoms with E-state index in [4.69, 9.17) is 4.74 Å². The highest BCUT2D eigenvalue weighted by molar-refractivity contribution is 7.08. The molecule has 7 heteroatoms. The minimum absolute atomic E-state index is 0.276. The second kappa shape index (κ2) is 9.70. The SMILES string of the molecule is COC(=O)[C@H](Cc1c[nH]c2ccccc12)NC(=O)[C@H](C)Nc1ccc(-c2ccsc2)cc1. The summed E-state index contributed by atoms with van der Waals surface area (Å²) in [7, 11) is 1.33. The van der Waals surface area contributed by atoms with E-state index in [0.717, 1.165) is 27.7 Å². The van der Waals surface area contributed by atoms with Crippen molar-refractivity contribution in [3.05, 3.63) is 77.1 Å². The zero-order valence-corrected chi connectivity index (χ0v) is 18.7. The number of ether oxygens (including phenoxy) is 1. The van der Waals surface area contributed by atoms with Crippen LogP contribution < -0.4 is 10.6 Å². The Hall–Kier alpha value is -3.58. The predicted molar refractivity (Wildman–Crippen MR) is 129 cm³/mol. The highest BCUT2D eigenvalue weighted by Gasteiger charge is 2.25. The number of rotatable bonds is 8. The second-order valence-electron chi connectivity index (χ2n) is 7.60. The lowest BCUT2D eigenvalue weighted by Crippen LogP contribution is -2.48. The maximum Gasteiger partial charge on any atom is 0.328 e. The maximum atomic E-state index is 12.8. The van der Waals surface area contributed by atoms with Crippen LogP contribution >= 0.6 is 11.3 Å². The van der Waals surface area contributed by atoms with E-state index < -0.39 is 18.1 Å². The lowest BCUT2D eigenvalue weighted by atomic mass is 10.0. The van der Waals surface area contributed by atoms with Gasteiger partial charge in [-0.2, -0.15) is 11.3 Å². The molecular weight excluding hydrogens is 422 g/mol. The summed E-state index contributed by atoms with van der Waals surface area (Å²) in [6.45, 7) is 1.77. The molecule has 0 saturated heterocycles. The van der Waals surface area contributed by atoms with Gasteiger partial charge >= 0.3 is 5.97 Å². The van der Waals surface area contributed by atoms with E-state index >= 15 is 0 Å². The van der Waals surface area contributed by atoms with Crippen LogP contribution in [0.2, 0.25) is 0 Å². The minimum atomic E-state index is -0.781. The third-order valence-electron chi connectivity index (χ3n) is 5.42. The van der Waals surface area contributed by atoms with Gasteiger partial charge in [0.05, 0.1) is 7.11 Å². The molecule has 3 N–H and O–H groups in total. The summed E-state index contributed by atoms with van der Waals surface area (Å²) in [5, 5.41) is 11.2. The number of hydrogen-bond acceptors (Lipinski definition) is 5. The topological polar surface area (TPSA) is 83.2 Å². The van der Waals surface area contributed by atoms with Crippen LogP contribution in [0.25, 0.3) is 22.0 Å². The van der Waals surface area contributed by atoms with Crippen molar-refractivity contribution in [3.63, 3.8) is 0 Å². The number of thiophene rings is 1. The molecule has 0 spiro atoms. The van der Waals surface area contributed by atoms with E-state index in [1.807, 2.05) is 60.1 Å². The molecule has 0 unspecified atom stereocenters. The Kier molecular flexibility index (Phi) is 6.56. The number of hydrogen-bond donors (Lipinski definition) is 3. The van der Waals surface area contributed by atoms with Gasteiger partial charge in [-0.05, 0) is 58.6 Å². The monoisotopic (exact) mass is 447 g/mol. The van der Waals surface area contributed by atoms with Crippen molar-refractivity contribution in [2.24, 2.45) is 0 Å². The Morgan fingerprint density at radius 2 is 1.84 bits per heavy atom. The molecule has 0 aliphatic heterocycles. The number of H-pyrrole nitrogens is 1. The largest absolute Gasteiger partial charge is 0.467 e. The standard InChI is InChI=1S/C25H25N3O3S/c1-16(27-20-9-7-17(8-10-20)18-11-12-32-15-18)24(29)28-23(25(30)31-2)13-19-14-26-22-6-4-3-5-21(19)22/h3-12,14-16,23,26-27H,13H2,1-2H3,(H,28,29)/t16-,23-/m0/s1. The molecule has 0 radical (unpaired) electrons. The first kappa shape index (κ1) is 21.6. The van der Waals surface area contributed by atoms with Gasteiger partial charge in [0.2, 0.25) is 5.91 Å². The Labute approximate surface area is 190 Å². The molecular formula is C25H25N3O3S. The highest BCUT2D eigenvalue weighted by atomic mass is 32.1. The summed E-state index contributed by atoms with van der Waals surface area (Å²) < 4.78 is 4.94. The van der Waals surface area contributed by atoms with Gasteiger partial charge in [-0.25, -0.2) is 4.79 Å². The molecule has 164 valence electrons. The van der Waals surface area contributed by atoms with Crippen LogP contribution in [0.1, 0.15) is 12.5 Å². The molecule has 0 aliphatic carbocycles. The number of carbonyl (C=O) groups is 2. The van der Waals surface area contributed by atoms with Gasteiger partial charge in [-0.3, -0.25) is 4.79 Å². The molecule has 1 amide bonds. The van der Waals surface area contributed by atoms with Crippen molar-refractivity contribution >= 4 is 39.8 Å². The molecule has 0 bridgehead atoms. The highest BCUT2D eigenvalue weighted by Crippen LogP contribution is 2.24. The normalized spacial score (nSPS) is 12.8. The van der Waals surface area contributed by atoms with Crippen LogP contribution in [-0.2, 0) is 20.7 Å². The summed E-state index contributed by atoms with van der Waals surface area (Å²) in [5.41, 5.74) is 5.06. The molecule has 2 aromatic carbocycles. The van der Waals surface area contributed by atoms with Crippen molar-refractivity contribution in [1.29, 1.82) is 0 Å². The molecule has 2 atom stereocenters. The van der Waals surface area contributed by atoms with Crippen LogP contribution in [-0.4, -0.2) is 36.1 Å². The van der Waals surface area contributed by atoms with E-state index in [0.29, 0.717) is 6.42 Å². The van der Waals surface area contributed by atoms with Gasteiger partial charge in [0.25, 0.3) is 0 Å². The van der Waals surface area contributed by atoms with Gasteiger partial charge < -0.3 is 20.4 Å². The zero-order valence-electron chi connectivity index (χ0n) is 17.9. The number of carbonyl (C=O) groups excluding carboxylic acids is 2. The summed E-state index contributed by atoms with van der Waals surface area (Å²) >= 11 is 1.66. The Morgan fingerprint density at radius 3 is 2.56 bits per heavy atom. The van der Waals surface area contributed by atoms with Crippen molar-refractivity contribution < 1.29 is 14.3 Å². The number of benzene rings is 2. The van der Waals surface area contributed by atoms with Crippen LogP contribution in [0.15, 0.2) is 71.6 Å². The number of amides is 1. The first-order valence-electron chi connectivity index (χ1n) is 10.4. The fourth-order valence-electron chi connectivity index (χ4n) is 3.66. The molecule has 6 nitrogen and oxygen atoms in total. The van der Waals surface area contributed by atoms with Gasteiger partial charge in [-0.15, -0.1) is 0 Å². The van der Waals surface area contributed by atoms with Crippen molar-refractivity contribution in [2.45, 2.75) is 25.4 Å². The fourth-order valence-corrected chi connectivity index (χ4v) is 4.32. The average Bonchev–Trinajstić information content (AvgIpc) is 3.49. The van der Waals surface area contributed by atoms with E-state index in [1.165, 1.54) is 12.7 Å². The van der Waals surface area contributed by atoms with Crippen molar-refractivity contribution in [1.82, 2.24) is 10.3 Å². The average molecular weight is 448 g/mol. The number of aromatic amines is 1. The Bertz CT molecular complexity index is 1200. The van der Waals surface area contributed by atoms with E-state index in [-0.39, 0.29) is 5.91 Å². The summed E-state index contributed by atoms with van der Waals surface area (Å²) in [5.74, 6) is -0.752. The number of fused-ring (bicyclic) bond motifs is 1. The Morgan fingerprint density at radius 1 is 1.06 bits per heavy atom. The summed E-state index contributed by atoms with van der Waals surface area (Å²) in [4.78, 5) is 28.4. The number of para-hydroxylation sites is 1. The third-order valence-corrected chi connectivity index (χ3v) is 6.10. The molecule has 4 rings (SSSR count). The fraction of sp³-hybridized carbons (Fsp3) is 0.200. The predicted octanol–water partition coefficient (Wildman–Crippen LogP) is 4.60. The van der Waals surface area contributed by atoms with Crippen LogP contribution in [0.5, 0.6) is 0 Å². The molecule has 2 aromatic heterocycles. The molecule has 0 fully saturated rings. The number of methoxy groups -OCH3 is 1. The first-order valence-corrected chi connectivity index (χ1v) is 11.3. The minimum Gasteiger partial charge on any atom is -0.467 e. The first-order chi connectivity index (χ1) is 15.5. The summed E-state index contributed by atoms with van der Waals surface area (Å²) in [6, 6.07) is 16.5. The Balaban J connectivity index is 1.41. The van der Waals surface area contributed by atoms with Crippen LogP contribution in [0, 0.1) is 0 Å². The molecule has 2 heterocycles. The molecule has 4 aromatic rings. The van der Waals surface area contributed by atoms with E-state index in [9.17, 15) is 9.59 Å².